The Labute approximate surface area is 153 Å². The topological polar surface area (TPSA) is 53.6 Å². The summed E-state index contributed by atoms with van der Waals surface area (Å²) >= 11 is 5.89. The van der Waals surface area contributed by atoms with Crippen LogP contribution in [0.4, 0.5) is 10.5 Å². The highest BCUT2D eigenvalue weighted by molar-refractivity contribution is 6.30. The van der Waals surface area contributed by atoms with E-state index in [0.717, 1.165) is 29.2 Å². The summed E-state index contributed by atoms with van der Waals surface area (Å²) in [7, 11) is 5.25. The van der Waals surface area contributed by atoms with Crippen molar-refractivity contribution >= 4 is 23.4 Å². The van der Waals surface area contributed by atoms with Gasteiger partial charge in [0.05, 0.1) is 0 Å². The predicted molar refractivity (Wildman–Crippen MR) is 103 cm³/mol. The molecule has 5 nitrogen and oxygen atoms in total. The third kappa shape index (κ3) is 5.96. The number of anilines is 1. The van der Waals surface area contributed by atoms with Gasteiger partial charge in [0.2, 0.25) is 0 Å². The van der Waals surface area contributed by atoms with Gasteiger partial charge in [-0.2, -0.15) is 0 Å². The van der Waals surface area contributed by atoms with E-state index in [4.69, 9.17) is 16.3 Å². The lowest BCUT2D eigenvalue weighted by atomic mass is 10.0. The van der Waals surface area contributed by atoms with Crippen molar-refractivity contribution in [1.29, 1.82) is 0 Å². The zero-order valence-electron chi connectivity index (χ0n) is 14.8. The molecule has 6 heteroatoms. The zero-order valence-corrected chi connectivity index (χ0v) is 15.5. The molecule has 1 unspecified atom stereocenters. The van der Waals surface area contributed by atoms with E-state index in [1.165, 1.54) is 4.90 Å². The number of hydrogen-bond donors (Lipinski definition) is 2. The van der Waals surface area contributed by atoms with Gasteiger partial charge in [0, 0.05) is 37.4 Å². The standard InChI is InChI=1S/C19H24ClN3O2/c1-21-18(12-13-22-16-8-6-15(20)7-9-16)14-4-10-17(11-5-14)25-19(24)23(2)3/h4-11,18,21-22H,12-13H2,1-3H3. The number of nitrogens with one attached hydrogen (secondary N) is 2. The van der Waals surface area contributed by atoms with Crippen molar-refractivity contribution in [3.05, 3.63) is 59.1 Å². The fourth-order valence-corrected chi connectivity index (χ4v) is 2.49. The molecular weight excluding hydrogens is 338 g/mol. The van der Waals surface area contributed by atoms with Crippen molar-refractivity contribution in [2.75, 3.05) is 33.0 Å². The van der Waals surface area contributed by atoms with Gasteiger partial charge in [-0.1, -0.05) is 23.7 Å². The normalized spacial score (nSPS) is 11.7. The smallest absolute Gasteiger partial charge is 0.410 e. The van der Waals surface area contributed by atoms with E-state index in [9.17, 15) is 4.79 Å². The van der Waals surface area contributed by atoms with Crippen LogP contribution in [0.25, 0.3) is 0 Å². The first-order chi connectivity index (χ1) is 12.0. The number of ether oxygens (including phenoxy) is 1. The molecule has 1 atom stereocenters. The van der Waals surface area contributed by atoms with E-state index >= 15 is 0 Å². The summed E-state index contributed by atoms with van der Waals surface area (Å²) < 4.78 is 5.24. The summed E-state index contributed by atoms with van der Waals surface area (Å²) in [4.78, 5) is 13.0. The first kappa shape index (κ1) is 19.1. The summed E-state index contributed by atoms with van der Waals surface area (Å²) in [5.74, 6) is 0.539. The molecular formula is C19H24ClN3O2. The Morgan fingerprint density at radius 2 is 1.76 bits per heavy atom. The fourth-order valence-electron chi connectivity index (χ4n) is 2.37. The minimum Gasteiger partial charge on any atom is -0.410 e. The van der Waals surface area contributed by atoms with E-state index in [0.29, 0.717) is 5.75 Å². The molecule has 134 valence electrons. The summed E-state index contributed by atoms with van der Waals surface area (Å²) in [6.07, 6.45) is 0.528. The number of nitrogens with zero attached hydrogens (tertiary/aromatic N) is 1. The predicted octanol–water partition coefficient (Wildman–Crippen LogP) is 4.16. The number of amides is 1. The molecule has 0 saturated carbocycles. The Balaban J connectivity index is 1.89. The van der Waals surface area contributed by atoms with Crippen LogP contribution in [0.15, 0.2) is 48.5 Å². The van der Waals surface area contributed by atoms with E-state index in [2.05, 4.69) is 10.6 Å². The maximum atomic E-state index is 11.6. The molecule has 2 aromatic rings. The van der Waals surface area contributed by atoms with Crippen LogP contribution in [0.3, 0.4) is 0 Å². The van der Waals surface area contributed by atoms with Crippen molar-refractivity contribution in [3.63, 3.8) is 0 Å². The Hall–Kier alpha value is -2.24. The average molecular weight is 362 g/mol. The lowest BCUT2D eigenvalue weighted by molar-refractivity contribution is 0.172. The van der Waals surface area contributed by atoms with Gasteiger partial charge in [-0.25, -0.2) is 4.79 Å². The average Bonchev–Trinajstić information content (AvgIpc) is 2.61. The van der Waals surface area contributed by atoms with Gasteiger partial charge in [-0.3, -0.25) is 0 Å². The maximum Gasteiger partial charge on any atom is 0.414 e. The van der Waals surface area contributed by atoms with Crippen LogP contribution in [0, 0.1) is 0 Å². The third-order valence-electron chi connectivity index (χ3n) is 3.81. The lowest BCUT2D eigenvalue weighted by Crippen LogP contribution is -2.25. The summed E-state index contributed by atoms with van der Waals surface area (Å²) in [6, 6.07) is 15.4. The van der Waals surface area contributed by atoms with Crippen molar-refractivity contribution < 1.29 is 9.53 Å². The van der Waals surface area contributed by atoms with Crippen molar-refractivity contribution in [2.24, 2.45) is 0 Å². The van der Waals surface area contributed by atoms with E-state index < -0.39 is 0 Å². The second kappa shape index (κ2) is 9.30. The van der Waals surface area contributed by atoms with Crippen LogP contribution in [0.2, 0.25) is 5.02 Å². The molecule has 0 fully saturated rings. The minimum atomic E-state index is -0.384. The van der Waals surface area contributed by atoms with Crippen molar-refractivity contribution in [2.45, 2.75) is 12.5 Å². The van der Waals surface area contributed by atoms with Crippen LogP contribution < -0.4 is 15.4 Å². The van der Waals surface area contributed by atoms with Crippen molar-refractivity contribution in [1.82, 2.24) is 10.2 Å². The molecule has 0 spiro atoms. The highest BCUT2D eigenvalue weighted by Crippen LogP contribution is 2.21. The van der Waals surface area contributed by atoms with Gasteiger partial charge in [-0.15, -0.1) is 0 Å². The summed E-state index contributed by atoms with van der Waals surface area (Å²) in [5, 5.41) is 7.43. The van der Waals surface area contributed by atoms with E-state index in [1.54, 1.807) is 14.1 Å². The Kier molecular flexibility index (Phi) is 7.10. The Morgan fingerprint density at radius 1 is 1.12 bits per heavy atom. The number of benzene rings is 2. The molecule has 0 aliphatic rings. The summed E-state index contributed by atoms with van der Waals surface area (Å²) in [6.45, 7) is 0.824. The summed E-state index contributed by atoms with van der Waals surface area (Å²) in [5.41, 5.74) is 2.19. The zero-order chi connectivity index (χ0) is 18.2. The quantitative estimate of drug-likeness (QED) is 0.777. The molecule has 0 saturated heterocycles. The van der Waals surface area contributed by atoms with Crippen LogP contribution >= 0.6 is 11.6 Å². The highest BCUT2D eigenvalue weighted by atomic mass is 35.5. The number of hydrogen-bond acceptors (Lipinski definition) is 4. The molecule has 2 rings (SSSR count). The van der Waals surface area contributed by atoms with Gasteiger partial charge in [0.25, 0.3) is 0 Å². The van der Waals surface area contributed by atoms with Crippen LogP contribution in [-0.4, -0.2) is 38.7 Å². The first-order valence-corrected chi connectivity index (χ1v) is 8.53. The molecule has 0 aliphatic carbocycles. The largest absolute Gasteiger partial charge is 0.414 e. The molecule has 0 radical (unpaired) electrons. The van der Waals surface area contributed by atoms with Gasteiger partial charge >= 0.3 is 6.09 Å². The number of carbonyl (C=O) groups is 1. The van der Waals surface area contributed by atoms with Crippen molar-refractivity contribution in [3.8, 4) is 5.75 Å². The molecule has 2 aromatic carbocycles. The van der Waals surface area contributed by atoms with Crippen LogP contribution in [-0.2, 0) is 0 Å². The molecule has 2 N–H and O–H groups in total. The van der Waals surface area contributed by atoms with Crippen LogP contribution in [0.5, 0.6) is 5.75 Å². The Bertz CT molecular complexity index is 672. The molecule has 0 bridgehead atoms. The van der Waals surface area contributed by atoms with Gasteiger partial charge in [-0.05, 0) is 55.4 Å². The fraction of sp³-hybridized carbons (Fsp3) is 0.316. The van der Waals surface area contributed by atoms with Gasteiger partial charge in [0.15, 0.2) is 0 Å². The lowest BCUT2D eigenvalue weighted by Gasteiger charge is -2.18. The van der Waals surface area contributed by atoms with E-state index in [1.807, 2.05) is 55.6 Å². The van der Waals surface area contributed by atoms with E-state index in [-0.39, 0.29) is 12.1 Å². The SMILES string of the molecule is CNC(CCNc1ccc(Cl)cc1)c1ccc(OC(=O)N(C)C)cc1. The monoisotopic (exact) mass is 361 g/mol. The maximum absolute atomic E-state index is 11.6. The molecule has 1 amide bonds. The number of carbonyl (C=O) groups excluding carboxylic acids is 1. The molecule has 0 heterocycles. The second-order valence-electron chi connectivity index (χ2n) is 5.90. The molecule has 25 heavy (non-hydrogen) atoms. The second-order valence-corrected chi connectivity index (χ2v) is 6.33. The van der Waals surface area contributed by atoms with Crippen LogP contribution in [0.1, 0.15) is 18.0 Å². The number of rotatable bonds is 7. The highest BCUT2D eigenvalue weighted by Gasteiger charge is 2.11. The van der Waals surface area contributed by atoms with Gasteiger partial charge < -0.3 is 20.3 Å². The third-order valence-corrected chi connectivity index (χ3v) is 4.06. The minimum absolute atomic E-state index is 0.207. The molecule has 0 aliphatic heterocycles. The molecule has 0 aromatic heterocycles. The Morgan fingerprint density at radius 3 is 2.32 bits per heavy atom. The number of halogens is 1. The van der Waals surface area contributed by atoms with Gasteiger partial charge in [0.1, 0.15) is 5.75 Å². The first-order valence-electron chi connectivity index (χ1n) is 8.15.